The average Bonchev–Trinajstić information content (AvgIpc) is 2.36. The van der Waals surface area contributed by atoms with Gasteiger partial charge in [0.1, 0.15) is 0 Å². The van der Waals surface area contributed by atoms with Crippen molar-refractivity contribution < 1.29 is 14.4 Å². The molecular weight excluding hydrogens is 282 g/mol. The van der Waals surface area contributed by atoms with Crippen molar-refractivity contribution >= 4 is 17.3 Å². The fraction of sp³-hybridized carbons (Fsp3) is 0.571. The lowest BCUT2D eigenvalue weighted by molar-refractivity contribution is -0.385. The third-order valence-corrected chi connectivity index (χ3v) is 3.10. The summed E-state index contributed by atoms with van der Waals surface area (Å²) in [5.74, 6) is 0.882. The largest absolute Gasteiger partial charge is 0.493 e. The molecule has 0 fully saturated rings. The molecule has 0 aliphatic carbocycles. The lowest BCUT2D eigenvalue weighted by atomic mass is 9.93. The molecule has 0 spiro atoms. The van der Waals surface area contributed by atoms with Crippen LogP contribution in [0, 0.1) is 15.5 Å². The number of ether oxygens (including phenoxy) is 2. The number of alkyl halides is 1. The third-order valence-electron chi connectivity index (χ3n) is 2.82. The summed E-state index contributed by atoms with van der Waals surface area (Å²) in [5, 5.41) is 11.0. The summed E-state index contributed by atoms with van der Waals surface area (Å²) in [4.78, 5) is 10.6. The topological polar surface area (TPSA) is 61.6 Å². The van der Waals surface area contributed by atoms with E-state index in [1.807, 2.05) is 0 Å². The first-order chi connectivity index (χ1) is 9.28. The molecule has 1 aromatic rings. The van der Waals surface area contributed by atoms with Crippen LogP contribution in [0.2, 0.25) is 0 Å². The predicted molar refractivity (Wildman–Crippen MR) is 78.8 cm³/mol. The van der Waals surface area contributed by atoms with Crippen molar-refractivity contribution in [2.75, 3.05) is 13.7 Å². The van der Waals surface area contributed by atoms with Crippen molar-refractivity contribution in [2.24, 2.45) is 5.41 Å². The summed E-state index contributed by atoms with van der Waals surface area (Å²) < 4.78 is 10.8. The number of rotatable bonds is 6. The molecule has 0 amide bonds. The molecule has 0 N–H and O–H groups in total. The van der Waals surface area contributed by atoms with Gasteiger partial charge in [-0.25, -0.2) is 0 Å². The predicted octanol–water partition coefficient (Wildman–Crippen LogP) is 4.16. The number of hydrogen-bond donors (Lipinski definition) is 0. The first-order valence-corrected chi connectivity index (χ1v) is 6.86. The molecule has 6 heteroatoms. The standard InChI is InChI=1S/C14H20ClNO4/c1-14(2,3)5-6-20-13-8-11(16(17)18)10(9-15)7-12(13)19-4/h7-8H,5-6,9H2,1-4H3. The van der Waals surface area contributed by atoms with Gasteiger partial charge in [0.25, 0.3) is 5.69 Å². The third kappa shape index (κ3) is 4.56. The molecule has 0 saturated heterocycles. The quantitative estimate of drug-likeness (QED) is 0.450. The van der Waals surface area contributed by atoms with Gasteiger partial charge in [0.05, 0.1) is 30.6 Å². The molecule has 0 heterocycles. The Kier molecular flexibility index (Phi) is 5.62. The van der Waals surface area contributed by atoms with Crippen LogP contribution < -0.4 is 9.47 Å². The van der Waals surface area contributed by atoms with Crippen LogP contribution in [0.5, 0.6) is 11.5 Å². The number of halogens is 1. The minimum Gasteiger partial charge on any atom is -0.493 e. The summed E-state index contributed by atoms with van der Waals surface area (Å²) in [7, 11) is 1.50. The number of methoxy groups -OCH3 is 1. The van der Waals surface area contributed by atoms with Gasteiger partial charge in [0, 0.05) is 5.56 Å². The molecule has 112 valence electrons. The van der Waals surface area contributed by atoms with Crippen molar-refractivity contribution in [1.82, 2.24) is 0 Å². The minimum atomic E-state index is -0.465. The van der Waals surface area contributed by atoms with Gasteiger partial charge in [-0.15, -0.1) is 11.6 Å². The van der Waals surface area contributed by atoms with Crippen molar-refractivity contribution in [2.45, 2.75) is 33.1 Å². The molecule has 0 aliphatic rings. The fourth-order valence-corrected chi connectivity index (χ4v) is 1.82. The Morgan fingerprint density at radius 1 is 1.30 bits per heavy atom. The Morgan fingerprint density at radius 2 is 1.95 bits per heavy atom. The number of nitrogens with zero attached hydrogens (tertiary/aromatic N) is 1. The monoisotopic (exact) mass is 301 g/mol. The van der Waals surface area contributed by atoms with Crippen LogP contribution in [-0.2, 0) is 5.88 Å². The Bertz CT molecular complexity index is 483. The molecule has 5 nitrogen and oxygen atoms in total. The first-order valence-electron chi connectivity index (χ1n) is 6.32. The zero-order valence-electron chi connectivity index (χ0n) is 12.2. The van der Waals surface area contributed by atoms with E-state index in [0.29, 0.717) is 23.7 Å². The van der Waals surface area contributed by atoms with E-state index in [2.05, 4.69) is 20.8 Å². The lowest BCUT2D eigenvalue weighted by Gasteiger charge is -2.19. The summed E-state index contributed by atoms with van der Waals surface area (Å²) in [6.45, 7) is 6.78. The lowest BCUT2D eigenvalue weighted by Crippen LogP contribution is -2.11. The van der Waals surface area contributed by atoms with Gasteiger partial charge in [0.15, 0.2) is 11.5 Å². The van der Waals surface area contributed by atoms with Crippen LogP contribution in [0.1, 0.15) is 32.8 Å². The zero-order valence-corrected chi connectivity index (χ0v) is 13.0. The highest BCUT2D eigenvalue weighted by Gasteiger charge is 2.19. The van der Waals surface area contributed by atoms with Crippen molar-refractivity contribution in [1.29, 1.82) is 0 Å². The first kappa shape index (κ1) is 16.6. The van der Waals surface area contributed by atoms with E-state index in [0.717, 1.165) is 6.42 Å². The normalized spacial score (nSPS) is 11.2. The Hall–Kier alpha value is -1.49. The van der Waals surface area contributed by atoms with E-state index in [-0.39, 0.29) is 17.0 Å². The summed E-state index contributed by atoms with van der Waals surface area (Å²) in [5.41, 5.74) is 0.498. The molecule has 20 heavy (non-hydrogen) atoms. The van der Waals surface area contributed by atoms with Gasteiger partial charge in [-0.05, 0) is 17.9 Å². The maximum absolute atomic E-state index is 11.0. The van der Waals surface area contributed by atoms with Gasteiger partial charge >= 0.3 is 0 Å². The maximum Gasteiger partial charge on any atom is 0.277 e. The van der Waals surface area contributed by atoms with Crippen molar-refractivity contribution in [3.8, 4) is 11.5 Å². The highest BCUT2D eigenvalue weighted by atomic mass is 35.5. The van der Waals surface area contributed by atoms with Crippen LogP contribution in [0.25, 0.3) is 0 Å². The molecule has 0 saturated carbocycles. The summed E-state index contributed by atoms with van der Waals surface area (Å²) in [6, 6.07) is 2.93. The number of nitro groups is 1. The molecule has 0 radical (unpaired) electrons. The summed E-state index contributed by atoms with van der Waals surface area (Å²) >= 11 is 5.72. The van der Waals surface area contributed by atoms with Gasteiger partial charge in [-0.1, -0.05) is 20.8 Å². The van der Waals surface area contributed by atoms with E-state index in [9.17, 15) is 10.1 Å². The van der Waals surface area contributed by atoms with Crippen LogP contribution in [0.15, 0.2) is 12.1 Å². The summed E-state index contributed by atoms with van der Waals surface area (Å²) in [6.07, 6.45) is 0.835. The zero-order chi connectivity index (χ0) is 15.3. The van der Waals surface area contributed by atoms with Crippen LogP contribution >= 0.6 is 11.6 Å². The number of benzene rings is 1. The molecule has 0 unspecified atom stereocenters. The molecule has 0 aromatic heterocycles. The van der Waals surface area contributed by atoms with E-state index >= 15 is 0 Å². The van der Waals surface area contributed by atoms with Gasteiger partial charge in [-0.2, -0.15) is 0 Å². The van der Waals surface area contributed by atoms with E-state index in [1.54, 1.807) is 6.07 Å². The highest BCUT2D eigenvalue weighted by molar-refractivity contribution is 6.17. The second kappa shape index (κ2) is 6.79. The molecule has 1 aromatic carbocycles. The fourth-order valence-electron chi connectivity index (χ4n) is 1.61. The van der Waals surface area contributed by atoms with E-state index < -0.39 is 4.92 Å². The molecular formula is C14H20ClNO4. The van der Waals surface area contributed by atoms with Crippen LogP contribution in [0.3, 0.4) is 0 Å². The van der Waals surface area contributed by atoms with Crippen LogP contribution in [-0.4, -0.2) is 18.6 Å². The highest BCUT2D eigenvalue weighted by Crippen LogP contribution is 2.35. The van der Waals surface area contributed by atoms with Crippen molar-refractivity contribution in [3.63, 3.8) is 0 Å². The van der Waals surface area contributed by atoms with Gasteiger partial charge in [0.2, 0.25) is 0 Å². The maximum atomic E-state index is 11.0. The molecule has 0 atom stereocenters. The molecule has 1 rings (SSSR count). The SMILES string of the molecule is COc1cc(CCl)c([N+](=O)[O-])cc1OCCC(C)(C)C. The molecule has 0 bridgehead atoms. The van der Waals surface area contributed by atoms with E-state index in [1.165, 1.54) is 13.2 Å². The number of hydrogen-bond acceptors (Lipinski definition) is 4. The average molecular weight is 302 g/mol. The van der Waals surface area contributed by atoms with Gasteiger partial charge in [-0.3, -0.25) is 10.1 Å². The second-order valence-electron chi connectivity index (χ2n) is 5.68. The number of nitro benzene ring substituents is 1. The Balaban J connectivity index is 2.99. The van der Waals surface area contributed by atoms with Crippen molar-refractivity contribution in [3.05, 3.63) is 27.8 Å². The Morgan fingerprint density at radius 3 is 2.40 bits per heavy atom. The molecule has 0 aliphatic heterocycles. The van der Waals surface area contributed by atoms with Gasteiger partial charge < -0.3 is 9.47 Å². The smallest absolute Gasteiger partial charge is 0.277 e. The Labute approximate surface area is 124 Å². The van der Waals surface area contributed by atoms with Crippen LogP contribution in [0.4, 0.5) is 5.69 Å². The second-order valence-corrected chi connectivity index (χ2v) is 5.95. The minimum absolute atomic E-state index is 0.0495. The van der Waals surface area contributed by atoms with E-state index in [4.69, 9.17) is 21.1 Å².